The lowest BCUT2D eigenvalue weighted by Crippen LogP contribution is -2.02. The third-order valence-corrected chi connectivity index (χ3v) is 3.19. The molecule has 0 atom stereocenters. The second-order valence-corrected chi connectivity index (χ2v) is 5.20. The van der Waals surface area contributed by atoms with Gasteiger partial charge in [0.1, 0.15) is 5.75 Å². The van der Waals surface area contributed by atoms with E-state index in [1.165, 1.54) is 0 Å². The van der Waals surface area contributed by atoms with E-state index >= 15 is 0 Å². The first-order valence-corrected chi connectivity index (χ1v) is 6.97. The lowest BCUT2D eigenvalue weighted by Gasteiger charge is -2.08. The summed E-state index contributed by atoms with van der Waals surface area (Å²) in [6, 6.07) is 7.41. The summed E-state index contributed by atoms with van der Waals surface area (Å²) in [5.41, 5.74) is 0. The fourth-order valence-electron chi connectivity index (χ4n) is 1.31. The van der Waals surface area contributed by atoms with Crippen molar-refractivity contribution < 1.29 is 4.74 Å². The quantitative estimate of drug-likeness (QED) is 0.872. The van der Waals surface area contributed by atoms with Crippen LogP contribution in [-0.2, 0) is 0 Å². The predicted molar refractivity (Wildman–Crippen MR) is 78.1 cm³/mol. The number of halogens is 2. The predicted octanol–water partition coefficient (Wildman–Crippen LogP) is 4.23. The first-order valence-electron chi connectivity index (χ1n) is 5.39. The van der Waals surface area contributed by atoms with Crippen molar-refractivity contribution >= 4 is 37.8 Å². The van der Waals surface area contributed by atoms with Crippen molar-refractivity contribution in [2.24, 2.45) is 0 Å². The van der Waals surface area contributed by atoms with Gasteiger partial charge in [0.2, 0.25) is 11.8 Å². The first-order chi connectivity index (χ1) is 8.69. The molecular weight excluding hydrogens is 362 g/mol. The van der Waals surface area contributed by atoms with Gasteiger partial charge in [-0.05, 0) is 41.1 Å². The van der Waals surface area contributed by atoms with Gasteiger partial charge >= 0.3 is 0 Å². The number of benzene rings is 1. The maximum absolute atomic E-state index is 5.69. The number of hydrogen-bond donors (Lipinski definition) is 1. The van der Waals surface area contributed by atoms with Crippen molar-refractivity contribution in [3.8, 4) is 11.6 Å². The van der Waals surface area contributed by atoms with Crippen LogP contribution < -0.4 is 10.1 Å². The van der Waals surface area contributed by atoms with Crippen LogP contribution in [-0.4, -0.2) is 16.5 Å². The van der Waals surface area contributed by atoms with Crippen LogP contribution in [0.25, 0.3) is 0 Å². The molecule has 0 amide bonds. The normalized spacial score (nSPS) is 10.2. The van der Waals surface area contributed by atoms with E-state index in [0.29, 0.717) is 17.6 Å². The number of rotatable bonds is 4. The van der Waals surface area contributed by atoms with Gasteiger partial charge in [-0.3, -0.25) is 0 Å². The molecular formula is C12H11Br2N3O. The SMILES string of the molecule is CCNc1nccc(Oc2ccc(Br)cc2Br)n1. The Morgan fingerprint density at radius 3 is 2.83 bits per heavy atom. The van der Waals surface area contributed by atoms with E-state index < -0.39 is 0 Å². The summed E-state index contributed by atoms with van der Waals surface area (Å²) in [5, 5.41) is 3.04. The first kappa shape index (κ1) is 13.3. The van der Waals surface area contributed by atoms with Crippen molar-refractivity contribution in [1.29, 1.82) is 0 Å². The Morgan fingerprint density at radius 2 is 2.11 bits per heavy atom. The molecule has 0 unspecified atom stereocenters. The van der Waals surface area contributed by atoms with Crippen LogP contribution in [0.1, 0.15) is 6.92 Å². The second-order valence-electron chi connectivity index (χ2n) is 3.43. The molecule has 0 fully saturated rings. The molecule has 0 aliphatic carbocycles. The van der Waals surface area contributed by atoms with Crippen LogP contribution in [0.4, 0.5) is 5.95 Å². The van der Waals surface area contributed by atoms with Gasteiger partial charge < -0.3 is 10.1 Å². The van der Waals surface area contributed by atoms with E-state index in [1.807, 2.05) is 25.1 Å². The van der Waals surface area contributed by atoms with Crippen molar-refractivity contribution in [3.05, 3.63) is 39.4 Å². The molecule has 0 aliphatic heterocycles. The largest absolute Gasteiger partial charge is 0.438 e. The van der Waals surface area contributed by atoms with E-state index in [9.17, 15) is 0 Å². The Labute approximate surface area is 122 Å². The van der Waals surface area contributed by atoms with Crippen LogP contribution in [0.3, 0.4) is 0 Å². The summed E-state index contributed by atoms with van der Waals surface area (Å²) < 4.78 is 7.54. The Hall–Kier alpha value is -1.14. The van der Waals surface area contributed by atoms with Gasteiger partial charge in [-0.1, -0.05) is 15.9 Å². The fourth-order valence-corrected chi connectivity index (χ4v) is 2.44. The van der Waals surface area contributed by atoms with Gasteiger partial charge in [0.25, 0.3) is 0 Å². The highest BCUT2D eigenvalue weighted by atomic mass is 79.9. The van der Waals surface area contributed by atoms with Gasteiger partial charge in [-0.15, -0.1) is 0 Å². The third kappa shape index (κ3) is 3.43. The van der Waals surface area contributed by atoms with Crippen LogP contribution >= 0.6 is 31.9 Å². The molecule has 0 saturated heterocycles. The monoisotopic (exact) mass is 371 g/mol. The Bertz CT molecular complexity index is 549. The zero-order chi connectivity index (χ0) is 13.0. The molecule has 0 saturated carbocycles. The summed E-state index contributed by atoms with van der Waals surface area (Å²) in [6.07, 6.45) is 1.66. The number of nitrogens with zero attached hydrogens (tertiary/aromatic N) is 2. The van der Waals surface area contributed by atoms with Gasteiger partial charge in [-0.2, -0.15) is 4.98 Å². The average molecular weight is 373 g/mol. The lowest BCUT2D eigenvalue weighted by atomic mass is 10.3. The second kappa shape index (κ2) is 6.15. The molecule has 94 valence electrons. The van der Waals surface area contributed by atoms with Gasteiger partial charge in [-0.25, -0.2) is 4.98 Å². The summed E-state index contributed by atoms with van der Waals surface area (Å²) >= 11 is 6.83. The number of hydrogen-bond acceptors (Lipinski definition) is 4. The van der Waals surface area contributed by atoms with Gasteiger partial charge in [0, 0.05) is 23.3 Å². The van der Waals surface area contributed by atoms with E-state index in [4.69, 9.17) is 4.74 Å². The highest BCUT2D eigenvalue weighted by Gasteiger charge is 2.05. The number of anilines is 1. The topological polar surface area (TPSA) is 47.0 Å². The molecule has 1 N–H and O–H groups in total. The molecule has 4 nitrogen and oxygen atoms in total. The average Bonchev–Trinajstić information content (AvgIpc) is 2.34. The smallest absolute Gasteiger partial charge is 0.225 e. The summed E-state index contributed by atoms with van der Waals surface area (Å²) in [6.45, 7) is 2.76. The number of aromatic nitrogens is 2. The zero-order valence-electron chi connectivity index (χ0n) is 9.65. The Morgan fingerprint density at radius 1 is 1.28 bits per heavy atom. The van der Waals surface area contributed by atoms with Crippen molar-refractivity contribution in [2.75, 3.05) is 11.9 Å². The minimum absolute atomic E-state index is 0.504. The van der Waals surface area contributed by atoms with Crippen molar-refractivity contribution in [2.45, 2.75) is 6.92 Å². The molecule has 0 aliphatic rings. The Kier molecular flexibility index (Phi) is 4.54. The van der Waals surface area contributed by atoms with Crippen molar-refractivity contribution in [3.63, 3.8) is 0 Å². The van der Waals surface area contributed by atoms with E-state index in [0.717, 1.165) is 15.5 Å². The minimum atomic E-state index is 0.504. The number of ether oxygens (including phenoxy) is 1. The van der Waals surface area contributed by atoms with Crippen LogP contribution in [0.2, 0.25) is 0 Å². The summed E-state index contributed by atoms with van der Waals surface area (Å²) in [4.78, 5) is 8.33. The highest BCUT2D eigenvalue weighted by molar-refractivity contribution is 9.11. The van der Waals surface area contributed by atoms with Crippen LogP contribution in [0.15, 0.2) is 39.4 Å². The molecule has 18 heavy (non-hydrogen) atoms. The lowest BCUT2D eigenvalue weighted by molar-refractivity contribution is 0.459. The van der Waals surface area contributed by atoms with Crippen LogP contribution in [0, 0.1) is 0 Å². The van der Waals surface area contributed by atoms with E-state index in [1.54, 1.807) is 12.3 Å². The molecule has 1 aromatic carbocycles. The van der Waals surface area contributed by atoms with Crippen molar-refractivity contribution in [1.82, 2.24) is 9.97 Å². The highest BCUT2D eigenvalue weighted by Crippen LogP contribution is 2.31. The van der Waals surface area contributed by atoms with Gasteiger partial charge in [0.05, 0.1) is 4.47 Å². The van der Waals surface area contributed by atoms with Gasteiger partial charge in [0.15, 0.2) is 0 Å². The number of nitrogens with one attached hydrogen (secondary N) is 1. The maximum Gasteiger partial charge on any atom is 0.225 e. The molecule has 6 heteroatoms. The van der Waals surface area contributed by atoms with E-state index in [2.05, 4.69) is 47.1 Å². The standard InChI is InChI=1S/C12H11Br2N3O/c1-2-15-12-16-6-5-11(17-12)18-10-4-3-8(13)7-9(10)14/h3-7H,2H2,1H3,(H,15,16,17). The molecule has 1 heterocycles. The molecule has 1 aromatic heterocycles. The Balaban J connectivity index is 2.20. The minimum Gasteiger partial charge on any atom is -0.438 e. The summed E-state index contributed by atoms with van der Waals surface area (Å²) in [7, 11) is 0. The molecule has 0 spiro atoms. The molecule has 0 bridgehead atoms. The summed E-state index contributed by atoms with van der Waals surface area (Å²) in [5.74, 6) is 1.77. The molecule has 2 aromatic rings. The fraction of sp³-hybridized carbons (Fsp3) is 0.167. The maximum atomic E-state index is 5.69. The zero-order valence-corrected chi connectivity index (χ0v) is 12.8. The third-order valence-electron chi connectivity index (χ3n) is 2.07. The van der Waals surface area contributed by atoms with Crippen LogP contribution in [0.5, 0.6) is 11.6 Å². The molecule has 0 radical (unpaired) electrons. The molecule has 2 rings (SSSR count). The van der Waals surface area contributed by atoms with E-state index in [-0.39, 0.29) is 0 Å².